The highest BCUT2D eigenvalue weighted by Gasteiger charge is 2.23. The molecule has 1 atom stereocenters. The quantitative estimate of drug-likeness (QED) is 0.585. The molecule has 76 valence electrons. The maximum atomic E-state index is 11.1. The SMILES string of the molecule is CC(C)(C)OC(=O)[C@H](N)CC(N)=O. The maximum Gasteiger partial charge on any atom is 0.323 e. The number of amides is 1. The Morgan fingerprint density at radius 2 is 1.85 bits per heavy atom. The fourth-order valence-electron chi connectivity index (χ4n) is 0.678. The van der Waals surface area contributed by atoms with E-state index < -0.39 is 23.5 Å². The molecule has 0 aliphatic rings. The second-order valence-electron chi connectivity index (χ2n) is 3.81. The van der Waals surface area contributed by atoms with Gasteiger partial charge in [0.05, 0.1) is 6.42 Å². The van der Waals surface area contributed by atoms with Crippen molar-refractivity contribution in [3.05, 3.63) is 0 Å². The average Bonchev–Trinajstić information content (AvgIpc) is 1.81. The van der Waals surface area contributed by atoms with E-state index in [4.69, 9.17) is 16.2 Å². The predicted octanol–water partition coefficient (Wildman–Crippen LogP) is -0.469. The molecule has 5 nitrogen and oxygen atoms in total. The highest BCUT2D eigenvalue weighted by molar-refractivity contribution is 5.84. The Morgan fingerprint density at radius 3 is 2.15 bits per heavy atom. The molecule has 0 rings (SSSR count). The van der Waals surface area contributed by atoms with Crippen LogP contribution in [0.15, 0.2) is 0 Å². The van der Waals surface area contributed by atoms with Gasteiger partial charge in [-0.25, -0.2) is 0 Å². The van der Waals surface area contributed by atoms with Gasteiger partial charge in [-0.05, 0) is 20.8 Å². The molecule has 0 saturated carbocycles. The van der Waals surface area contributed by atoms with Gasteiger partial charge in [-0.1, -0.05) is 0 Å². The van der Waals surface area contributed by atoms with Gasteiger partial charge in [0, 0.05) is 0 Å². The van der Waals surface area contributed by atoms with Gasteiger partial charge in [0.15, 0.2) is 0 Å². The predicted molar refractivity (Wildman–Crippen MR) is 47.6 cm³/mol. The van der Waals surface area contributed by atoms with Crippen LogP contribution in [0.5, 0.6) is 0 Å². The molecule has 1 amide bonds. The Hall–Kier alpha value is -1.10. The van der Waals surface area contributed by atoms with Crippen LogP contribution < -0.4 is 11.5 Å². The zero-order chi connectivity index (χ0) is 10.6. The van der Waals surface area contributed by atoms with Crippen molar-refractivity contribution >= 4 is 11.9 Å². The molecule has 0 aromatic rings. The fourth-order valence-corrected chi connectivity index (χ4v) is 0.678. The van der Waals surface area contributed by atoms with Crippen molar-refractivity contribution in [2.45, 2.75) is 38.8 Å². The second kappa shape index (κ2) is 4.23. The first-order valence-electron chi connectivity index (χ1n) is 3.99. The van der Waals surface area contributed by atoms with Gasteiger partial charge in [0.25, 0.3) is 0 Å². The molecule has 0 radical (unpaired) electrons. The molecule has 0 aromatic heterocycles. The number of hydrogen-bond acceptors (Lipinski definition) is 4. The minimum absolute atomic E-state index is 0.186. The lowest BCUT2D eigenvalue weighted by molar-refractivity contribution is -0.157. The van der Waals surface area contributed by atoms with E-state index in [9.17, 15) is 9.59 Å². The van der Waals surface area contributed by atoms with Gasteiger partial charge in [-0.15, -0.1) is 0 Å². The molecule has 0 bridgehead atoms. The average molecular weight is 188 g/mol. The molecule has 0 aliphatic heterocycles. The zero-order valence-electron chi connectivity index (χ0n) is 8.16. The number of primary amides is 1. The molecule has 0 heterocycles. The summed E-state index contributed by atoms with van der Waals surface area (Å²) in [5.41, 5.74) is 9.63. The van der Waals surface area contributed by atoms with Crippen LogP contribution in [0, 0.1) is 0 Å². The van der Waals surface area contributed by atoms with Crippen molar-refractivity contribution in [1.82, 2.24) is 0 Å². The first kappa shape index (κ1) is 11.9. The van der Waals surface area contributed by atoms with Crippen LogP contribution >= 0.6 is 0 Å². The van der Waals surface area contributed by atoms with Gasteiger partial charge >= 0.3 is 5.97 Å². The molecule has 0 saturated heterocycles. The smallest absolute Gasteiger partial charge is 0.323 e. The third-order valence-electron chi connectivity index (χ3n) is 1.13. The van der Waals surface area contributed by atoms with Crippen molar-refractivity contribution in [1.29, 1.82) is 0 Å². The van der Waals surface area contributed by atoms with Crippen molar-refractivity contribution in [3.8, 4) is 0 Å². The van der Waals surface area contributed by atoms with Gasteiger partial charge in [-0.2, -0.15) is 0 Å². The largest absolute Gasteiger partial charge is 0.459 e. The van der Waals surface area contributed by atoms with E-state index in [-0.39, 0.29) is 6.42 Å². The van der Waals surface area contributed by atoms with Crippen LogP contribution in [-0.4, -0.2) is 23.5 Å². The lowest BCUT2D eigenvalue weighted by atomic mass is 10.1. The van der Waals surface area contributed by atoms with E-state index in [1.165, 1.54) is 0 Å². The van der Waals surface area contributed by atoms with E-state index in [1.54, 1.807) is 20.8 Å². The minimum Gasteiger partial charge on any atom is -0.459 e. The van der Waals surface area contributed by atoms with Crippen molar-refractivity contribution in [2.75, 3.05) is 0 Å². The van der Waals surface area contributed by atoms with Crippen LogP contribution in [0.4, 0.5) is 0 Å². The number of carbonyl (C=O) groups is 2. The van der Waals surface area contributed by atoms with E-state index >= 15 is 0 Å². The summed E-state index contributed by atoms with van der Waals surface area (Å²) in [4.78, 5) is 21.6. The highest BCUT2D eigenvalue weighted by atomic mass is 16.6. The summed E-state index contributed by atoms with van der Waals surface area (Å²) in [7, 11) is 0. The highest BCUT2D eigenvalue weighted by Crippen LogP contribution is 2.08. The van der Waals surface area contributed by atoms with Crippen LogP contribution in [0.25, 0.3) is 0 Å². The van der Waals surface area contributed by atoms with Gasteiger partial charge < -0.3 is 16.2 Å². The summed E-state index contributed by atoms with van der Waals surface area (Å²) < 4.78 is 4.93. The van der Waals surface area contributed by atoms with E-state index in [0.29, 0.717) is 0 Å². The monoisotopic (exact) mass is 188 g/mol. The third kappa shape index (κ3) is 6.10. The number of carbonyl (C=O) groups excluding carboxylic acids is 2. The number of rotatable bonds is 3. The Morgan fingerprint density at radius 1 is 1.38 bits per heavy atom. The normalized spacial score (nSPS) is 13.5. The topological polar surface area (TPSA) is 95.4 Å². The van der Waals surface area contributed by atoms with Gasteiger partial charge in [0.1, 0.15) is 11.6 Å². The van der Waals surface area contributed by atoms with E-state index in [0.717, 1.165) is 0 Å². The Labute approximate surface area is 77.4 Å². The molecule has 0 spiro atoms. The summed E-state index contributed by atoms with van der Waals surface area (Å²) in [5, 5.41) is 0. The lowest BCUT2D eigenvalue weighted by Crippen LogP contribution is -2.40. The molecule has 13 heavy (non-hydrogen) atoms. The zero-order valence-corrected chi connectivity index (χ0v) is 8.16. The van der Waals surface area contributed by atoms with E-state index in [1.807, 2.05) is 0 Å². The van der Waals surface area contributed by atoms with Crippen LogP contribution in [0.3, 0.4) is 0 Å². The maximum absolute atomic E-state index is 11.1. The van der Waals surface area contributed by atoms with E-state index in [2.05, 4.69) is 0 Å². The molecule has 0 aliphatic carbocycles. The molecular weight excluding hydrogens is 172 g/mol. The summed E-state index contributed by atoms with van der Waals surface area (Å²) in [6, 6.07) is -0.961. The summed E-state index contributed by atoms with van der Waals surface area (Å²) in [6.07, 6.45) is -0.186. The van der Waals surface area contributed by atoms with Gasteiger partial charge in [0.2, 0.25) is 5.91 Å². The fraction of sp³-hybridized carbons (Fsp3) is 0.750. The molecule has 0 unspecified atom stereocenters. The second-order valence-corrected chi connectivity index (χ2v) is 3.81. The van der Waals surface area contributed by atoms with Crippen LogP contribution in [0.1, 0.15) is 27.2 Å². The minimum atomic E-state index is -0.961. The molecule has 0 fully saturated rings. The standard InChI is InChI=1S/C8H16N2O3/c1-8(2,3)13-7(12)5(9)4-6(10)11/h5H,4,9H2,1-3H3,(H2,10,11)/t5-/m1/s1. The molecular formula is C8H16N2O3. The molecule has 0 aromatic carbocycles. The van der Waals surface area contributed by atoms with Crippen molar-refractivity contribution in [3.63, 3.8) is 0 Å². The molecule has 5 heteroatoms. The number of hydrogen-bond donors (Lipinski definition) is 2. The van der Waals surface area contributed by atoms with Crippen LogP contribution in [0.2, 0.25) is 0 Å². The lowest BCUT2D eigenvalue weighted by Gasteiger charge is -2.21. The summed E-state index contributed by atoms with van der Waals surface area (Å²) >= 11 is 0. The molecule has 4 N–H and O–H groups in total. The number of ether oxygens (including phenoxy) is 1. The van der Waals surface area contributed by atoms with Crippen molar-refractivity contribution < 1.29 is 14.3 Å². The van der Waals surface area contributed by atoms with Gasteiger partial charge in [-0.3, -0.25) is 9.59 Å². The number of nitrogens with two attached hydrogens (primary N) is 2. The Balaban J connectivity index is 4.05. The summed E-state index contributed by atoms with van der Waals surface area (Å²) in [5.74, 6) is -1.22. The van der Waals surface area contributed by atoms with Crippen molar-refractivity contribution in [2.24, 2.45) is 11.5 Å². The Kier molecular flexibility index (Phi) is 3.87. The first-order chi connectivity index (χ1) is 5.72. The number of esters is 1. The summed E-state index contributed by atoms with van der Waals surface area (Å²) in [6.45, 7) is 5.17. The third-order valence-corrected chi connectivity index (χ3v) is 1.13. The first-order valence-corrected chi connectivity index (χ1v) is 3.99. The Bertz CT molecular complexity index is 208. The van der Waals surface area contributed by atoms with Crippen LogP contribution in [-0.2, 0) is 14.3 Å².